The summed E-state index contributed by atoms with van der Waals surface area (Å²) in [7, 11) is 0. The lowest BCUT2D eigenvalue weighted by molar-refractivity contribution is 0.519. The lowest BCUT2D eigenvalue weighted by Gasteiger charge is -1.83. The van der Waals surface area contributed by atoms with Crippen molar-refractivity contribution in [3.05, 3.63) is 24.0 Å². The Morgan fingerprint density at radius 1 is 1.46 bits per heavy atom. The molecule has 0 N–H and O–H groups in total. The van der Waals surface area contributed by atoms with Gasteiger partial charge in [0.2, 0.25) is 5.89 Å². The molecule has 68 valence electrons. The second-order valence-electron chi connectivity index (χ2n) is 2.58. The summed E-state index contributed by atoms with van der Waals surface area (Å²) in [6.07, 6.45) is 1.57. The number of aryl methyl sites for hydroxylation is 1. The fraction of sp³-hybridized carbons (Fsp3) is 0.250. The zero-order valence-electron chi connectivity index (χ0n) is 6.95. The van der Waals surface area contributed by atoms with Gasteiger partial charge in [-0.15, -0.1) is 21.8 Å². The highest BCUT2D eigenvalue weighted by Crippen LogP contribution is 2.20. The van der Waals surface area contributed by atoms with E-state index >= 15 is 0 Å². The van der Waals surface area contributed by atoms with Gasteiger partial charge in [-0.1, -0.05) is 0 Å². The number of halogens is 1. The second-order valence-corrected chi connectivity index (χ2v) is 2.85. The lowest BCUT2D eigenvalue weighted by Crippen LogP contribution is -1.74. The molecule has 0 aromatic carbocycles. The number of rotatable bonds is 2. The normalized spacial score (nSPS) is 10.6. The minimum atomic E-state index is 0.226. The minimum Gasteiger partial charge on any atom is -0.469 e. The number of aromatic nitrogens is 2. The first-order valence-electron chi connectivity index (χ1n) is 3.73. The minimum absolute atomic E-state index is 0.226. The van der Waals surface area contributed by atoms with Crippen molar-refractivity contribution >= 4 is 11.6 Å². The fourth-order valence-corrected chi connectivity index (χ4v) is 1.09. The first-order valence-corrected chi connectivity index (χ1v) is 4.27. The molecule has 2 aromatic rings. The van der Waals surface area contributed by atoms with Gasteiger partial charge in [0.15, 0.2) is 0 Å². The van der Waals surface area contributed by atoms with Crippen molar-refractivity contribution in [2.45, 2.75) is 12.8 Å². The SMILES string of the molecule is Cc1cc(-c2nnc(CCl)o2)co1. The van der Waals surface area contributed by atoms with E-state index in [1.54, 1.807) is 6.26 Å². The maximum absolute atomic E-state index is 5.51. The Labute approximate surface area is 79.5 Å². The van der Waals surface area contributed by atoms with Gasteiger partial charge in [-0.25, -0.2) is 0 Å². The van der Waals surface area contributed by atoms with E-state index in [0.717, 1.165) is 11.3 Å². The molecule has 0 bridgehead atoms. The van der Waals surface area contributed by atoms with Gasteiger partial charge in [-0.3, -0.25) is 0 Å². The van der Waals surface area contributed by atoms with Crippen molar-refractivity contribution in [3.63, 3.8) is 0 Å². The molecule has 4 nitrogen and oxygen atoms in total. The average Bonchev–Trinajstić information content (AvgIpc) is 2.71. The molecule has 0 spiro atoms. The summed E-state index contributed by atoms with van der Waals surface area (Å²) in [5.41, 5.74) is 0.779. The Bertz CT molecular complexity index is 408. The molecule has 0 aliphatic carbocycles. The van der Waals surface area contributed by atoms with Crippen molar-refractivity contribution < 1.29 is 8.83 Å². The van der Waals surface area contributed by atoms with Crippen molar-refractivity contribution in [1.82, 2.24) is 10.2 Å². The van der Waals surface area contributed by atoms with E-state index in [1.807, 2.05) is 13.0 Å². The Morgan fingerprint density at radius 2 is 2.31 bits per heavy atom. The van der Waals surface area contributed by atoms with Gasteiger partial charge in [0.25, 0.3) is 5.89 Å². The number of nitrogens with zero attached hydrogens (tertiary/aromatic N) is 2. The van der Waals surface area contributed by atoms with E-state index in [-0.39, 0.29) is 5.88 Å². The quantitative estimate of drug-likeness (QED) is 0.696. The van der Waals surface area contributed by atoms with Gasteiger partial charge in [-0.05, 0) is 13.0 Å². The predicted octanol–water partition coefficient (Wildman–Crippen LogP) is 2.38. The van der Waals surface area contributed by atoms with Crippen molar-refractivity contribution in [2.24, 2.45) is 0 Å². The topological polar surface area (TPSA) is 52.1 Å². The highest BCUT2D eigenvalue weighted by Gasteiger charge is 2.09. The van der Waals surface area contributed by atoms with Crippen molar-refractivity contribution in [1.29, 1.82) is 0 Å². The molecule has 2 rings (SSSR count). The summed E-state index contributed by atoms with van der Waals surface area (Å²) in [5, 5.41) is 7.54. The van der Waals surface area contributed by atoms with Crippen LogP contribution in [0, 0.1) is 6.92 Å². The van der Waals surface area contributed by atoms with Crippen LogP contribution in [0.15, 0.2) is 21.2 Å². The van der Waals surface area contributed by atoms with Gasteiger partial charge >= 0.3 is 0 Å². The van der Waals surface area contributed by atoms with E-state index in [0.29, 0.717) is 11.8 Å². The van der Waals surface area contributed by atoms with E-state index in [4.69, 9.17) is 20.4 Å². The molecule has 0 atom stereocenters. The molecule has 0 unspecified atom stereocenters. The molecule has 0 aliphatic rings. The predicted molar refractivity (Wildman–Crippen MR) is 46.3 cm³/mol. The second kappa shape index (κ2) is 3.22. The van der Waals surface area contributed by atoms with Crippen LogP contribution in [-0.2, 0) is 5.88 Å². The van der Waals surface area contributed by atoms with Crippen LogP contribution in [0.1, 0.15) is 11.7 Å². The Hall–Kier alpha value is -1.29. The van der Waals surface area contributed by atoms with Gasteiger partial charge in [-0.2, -0.15) is 0 Å². The summed E-state index contributed by atoms with van der Waals surface area (Å²) in [5.74, 6) is 1.88. The maximum atomic E-state index is 5.51. The van der Waals surface area contributed by atoms with Crippen LogP contribution in [-0.4, -0.2) is 10.2 Å². The molecule has 0 amide bonds. The molecule has 0 saturated heterocycles. The van der Waals surface area contributed by atoms with Crippen LogP contribution in [0.3, 0.4) is 0 Å². The molecule has 2 heterocycles. The summed E-state index contributed by atoms with van der Waals surface area (Å²) < 4.78 is 10.3. The highest BCUT2D eigenvalue weighted by atomic mass is 35.5. The first-order chi connectivity index (χ1) is 6.29. The molecule has 0 radical (unpaired) electrons. The van der Waals surface area contributed by atoms with Crippen LogP contribution >= 0.6 is 11.6 Å². The molecule has 13 heavy (non-hydrogen) atoms. The molecule has 0 aliphatic heterocycles. The molecular weight excluding hydrogens is 192 g/mol. The Morgan fingerprint density at radius 3 is 2.85 bits per heavy atom. The highest BCUT2D eigenvalue weighted by molar-refractivity contribution is 6.16. The average molecular weight is 199 g/mol. The zero-order chi connectivity index (χ0) is 9.26. The van der Waals surface area contributed by atoms with Crippen molar-refractivity contribution in [3.8, 4) is 11.5 Å². The van der Waals surface area contributed by atoms with Gasteiger partial charge in [0.1, 0.15) is 17.9 Å². The molecule has 0 saturated carbocycles. The van der Waals surface area contributed by atoms with Crippen molar-refractivity contribution in [2.75, 3.05) is 0 Å². The third-order valence-electron chi connectivity index (χ3n) is 1.56. The Balaban J connectivity index is 2.35. The molecule has 2 aromatic heterocycles. The number of furan rings is 1. The van der Waals surface area contributed by atoms with Gasteiger partial charge in [0.05, 0.1) is 5.56 Å². The van der Waals surface area contributed by atoms with E-state index in [1.165, 1.54) is 0 Å². The summed E-state index contributed by atoms with van der Waals surface area (Å²) in [6, 6.07) is 1.82. The standard InChI is InChI=1S/C8H7ClN2O2/c1-5-2-6(4-12-5)8-11-10-7(3-9)13-8/h2,4H,3H2,1H3. The smallest absolute Gasteiger partial charge is 0.251 e. The third kappa shape index (κ3) is 1.58. The number of alkyl halides is 1. The monoisotopic (exact) mass is 198 g/mol. The lowest BCUT2D eigenvalue weighted by atomic mass is 10.3. The maximum Gasteiger partial charge on any atom is 0.251 e. The van der Waals surface area contributed by atoms with Crippen LogP contribution in [0.2, 0.25) is 0 Å². The van der Waals surface area contributed by atoms with E-state index < -0.39 is 0 Å². The third-order valence-corrected chi connectivity index (χ3v) is 1.79. The van der Waals surface area contributed by atoms with Gasteiger partial charge in [0, 0.05) is 0 Å². The van der Waals surface area contributed by atoms with Crippen LogP contribution in [0.25, 0.3) is 11.5 Å². The summed E-state index contributed by atoms with van der Waals surface area (Å²) >= 11 is 5.51. The molecule has 0 fully saturated rings. The molecular formula is C8H7ClN2O2. The largest absolute Gasteiger partial charge is 0.469 e. The summed E-state index contributed by atoms with van der Waals surface area (Å²) in [6.45, 7) is 1.85. The van der Waals surface area contributed by atoms with E-state index in [9.17, 15) is 0 Å². The Kier molecular flexibility index (Phi) is 2.06. The van der Waals surface area contributed by atoms with Crippen LogP contribution in [0.4, 0.5) is 0 Å². The first kappa shape index (κ1) is 8.31. The fourth-order valence-electron chi connectivity index (χ4n) is 0.980. The molecule has 5 heteroatoms. The van der Waals surface area contributed by atoms with Crippen LogP contribution in [0.5, 0.6) is 0 Å². The van der Waals surface area contributed by atoms with E-state index in [2.05, 4.69) is 10.2 Å². The number of hydrogen-bond donors (Lipinski definition) is 0. The number of hydrogen-bond acceptors (Lipinski definition) is 4. The van der Waals surface area contributed by atoms with Crippen LogP contribution < -0.4 is 0 Å². The summed E-state index contributed by atoms with van der Waals surface area (Å²) in [4.78, 5) is 0. The van der Waals surface area contributed by atoms with Gasteiger partial charge < -0.3 is 8.83 Å². The zero-order valence-corrected chi connectivity index (χ0v) is 7.71.